The van der Waals surface area contributed by atoms with Crippen molar-refractivity contribution in [2.45, 2.75) is 32.9 Å². The normalized spacial score (nSPS) is 12.1. The molecule has 1 rings (SSSR count). The molecule has 0 aliphatic rings. The van der Waals surface area contributed by atoms with Gasteiger partial charge >= 0.3 is 5.97 Å². The topological polar surface area (TPSA) is 53.7 Å². The second kappa shape index (κ2) is 4.06. The van der Waals surface area contributed by atoms with Crippen molar-refractivity contribution in [2.24, 2.45) is 0 Å². The maximum absolute atomic E-state index is 11.0. The van der Waals surface area contributed by atoms with Crippen LogP contribution in [0, 0.1) is 6.92 Å². The van der Waals surface area contributed by atoms with Crippen molar-refractivity contribution in [3.63, 3.8) is 0 Å². The van der Waals surface area contributed by atoms with Crippen molar-refractivity contribution in [1.82, 2.24) is 4.90 Å². The van der Waals surface area contributed by atoms with Gasteiger partial charge in [0.1, 0.15) is 17.1 Å². The number of rotatable bonds is 4. The average Bonchev–Trinajstić information content (AvgIpc) is 2.50. The summed E-state index contributed by atoms with van der Waals surface area (Å²) in [5.74, 6) is 0.782. The van der Waals surface area contributed by atoms with Crippen LogP contribution in [0.15, 0.2) is 16.5 Å². The lowest BCUT2D eigenvalue weighted by Crippen LogP contribution is -2.47. The lowest BCUT2D eigenvalue weighted by molar-refractivity contribution is -0.148. The molecule has 0 saturated carbocycles. The highest BCUT2D eigenvalue weighted by atomic mass is 16.4. The fraction of sp³-hybridized carbons (Fsp3) is 0.545. The largest absolute Gasteiger partial charge is 0.480 e. The molecular formula is C11H17NO3. The fourth-order valence-corrected chi connectivity index (χ4v) is 1.16. The van der Waals surface area contributed by atoms with Gasteiger partial charge in [0.05, 0.1) is 6.54 Å². The molecule has 4 nitrogen and oxygen atoms in total. The van der Waals surface area contributed by atoms with Crippen molar-refractivity contribution >= 4 is 5.97 Å². The van der Waals surface area contributed by atoms with Crippen molar-refractivity contribution in [3.05, 3.63) is 23.7 Å². The lowest BCUT2D eigenvalue weighted by atomic mass is 10.0. The first kappa shape index (κ1) is 11.8. The quantitative estimate of drug-likeness (QED) is 0.826. The molecule has 0 fully saturated rings. The third-order valence-corrected chi connectivity index (χ3v) is 2.67. The number of hydrogen-bond acceptors (Lipinski definition) is 3. The molecular weight excluding hydrogens is 194 g/mol. The van der Waals surface area contributed by atoms with Gasteiger partial charge in [0.2, 0.25) is 0 Å². The molecule has 0 bridgehead atoms. The van der Waals surface area contributed by atoms with Crippen LogP contribution in [0.4, 0.5) is 0 Å². The third kappa shape index (κ3) is 2.59. The summed E-state index contributed by atoms with van der Waals surface area (Å²) in [5, 5.41) is 9.02. The minimum atomic E-state index is -0.888. The molecule has 0 atom stereocenters. The Balaban J connectivity index is 2.71. The average molecular weight is 211 g/mol. The molecule has 1 heterocycles. The molecule has 1 aromatic rings. The van der Waals surface area contributed by atoms with Crippen molar-refractivity contribution in [2.75, 3.05) is 7.05 Å². The first-order chi connectivity index (χ1) is 6.84. The van der Waals surface area contributed by atoms with E-state index in [9.17, 15) is 4.79 Å². The molecule has 1 aromatic heterocycles. The van der Waals surface area contributed by atoms with Crippen LogP contribution in [0.5, 0.6) is 0 Å². The monoisotopic (exact) mass is 211 g/mol. The van der Waals surface area contributed by atoms with Crippen LogP contribution < -0.4 is 0 Å². The van der Waals surface area contributed by atoms with E-state index in [4.69, 9.17) is 9.52 Å². The summed E-state index contributed by atoms with van der Waals surface area (Å²) in [6.07, 6.45) is 0. The molecule has 0 amide bonds. The zero-order valence-electron chi connectivity index (χ0n) is 9.57. The Morgan fingerprint density at radius 1 is 1.53 bits per heavy atom. The van der Waals surface area contributed by atoms with E-state index in [1.54, 1.807) is 25.8 Å². The Morgan fingerprint density at radius 3 is 2.53 bits per heavy atom. The van der Waals surface area contributed by atoms with E-state index in [2.05, 4.69) is 0 Å². The van der Waals surface area contributed by atoms with Crippen molar-refractivity contribution in [1.29, 1.82) is 0 Å². The first-order valence-corrected chi connectivity index (χ1v) is 4.84. The number of likely N-dealkylation sites (N-methyl/N-ethyl adjacent to an activating group) is 1. The Bertz CT molecular complexity index is 354. The Hall–Kier alpha value is -1.29. The number of aliphatic carboxylic acids is 1. The number of carboxylic acids is 1. The van der Waals surface area contributed by atoms with Gasteiger partial charge in [-0.15, -0.1) is 0 Å². The van der Waals surface area contributed by atoms with Gasteiger partial charge in [-0.2, -0.15) is 0 Å². The molecule has 0 aliphatic heterocycles. The molecule has 0 radical (unpaired) electrons. The lowest BCUT2D eigenvalue weighted by Gasteiger charge is -2.30. The predicted molar refractivity (Wildman–Crippen MR) is 56.6 cm³/mol. The molecule has 1 N–H and O–H groups in total. The summed E-state index contributed by atoms with van der Waals surface area (Å²) in [5.41, 5.74) is -0.888. The highest BCUT2D eigenvalue weighted by molar-refractivity contribution is 5.77. The van der Waals surface area contributed by atoms with Gasteiger partial charge in [0.15, 0.2) is 0 Å². The smallest absolute Gasteiger partial charge is 0.323 e. The molecule has 0 aliphatic carbocycles. The molecule has 0 saturated heterocycles. The van der Waals surface area contributed by atoms with Gasteiger partial charge in [-0.3, -0.25) is 9.69 Å². The van der Waals surface area contributed by atoms with Crippen LogP contribution in [0.2, 0.25) is 0 Å². The third-order valence-electron chi connectivity index (χ3n) is 2.67. The zero-order valence-corrected chi connectivity index (χ0v) is 9.57. The van der Waals surface area contributed by atoms with Crippen molar-refractivity contribution < 1.29 is 14.3 Å². The maximum Gasteiger partial charge on any atom is 0.323 e. The standard InChI is InChI=1S/C11H17NO3/c1-8-5-6-9(15-8)7-12(4)11(2,3)10(13)14/h5-6H,7H2,1-4H3,(H,13,14). The van der Waals surface area contributed by atoms with Crippen LogP contribution in [0.25, 0.3) is 0 Å². The minimum Gasteiger partial charge on any atom is -0.480 e. The van der Waals surface area contributed by atoms with Crippen LogP contribution in [-0.4, -0.2) is 28.6 Å². The number of aryl methyl sites for hydroxylation is 1. The Kier molecular flexibility index (Phi) is 3.19. The van der Waals surface area contributed by atoms with E-state index < -0.39 is 11.5 Å². The van der Waals surface area contributed by atoms with Crippen LogP contribution in [0.3, 0.4) is 0 Å². The first-order valence-electron chi connectivity index (χ1n) is 4.84. The minimum absolute atomic E-state index is 0.493. The van der Waals surface area contributed by atoms with E-state index in [1.807, 2.05) is 19.1 Å². The molecule has 0 unspecified atom stereocenters. The molecule has 0 spiro atoms. The number of carbonyl (C=O) groups is 1. The van der Waals surface area contributed by atoms with Gasteiger partial charge in [0.25, 0.3) is 0 Å². The number of nitrogens with zero attached hydrogens (tertiary/aromatic N) is 1. The Morgan fingerprint density at radius 2 is 2.13 bits per heavy atom. The fourth-order valence-electron chi connectivity index (χ4n) is 1.16. The van der Waals surface area contributed by atoms with Gasteiger partial charge in [-0.25, -0.2) is 0 Å². The molecule has 4 heteroatoms. The highest BCUT2D eigenvalue weighted by Gasteiger charge is 2.32. The second-order valence-corrected chi connectivity index (χ2v) is 4.23. The summed E-state index contributed by atoms with van der Waals surface area (Å²) in [7, 11) is 1.77. The van der Waals surface area contributed by atoms with E-state index in [1.165, 1.54) is 0 Å². The molecule has 15 heavy (non-hydrogen) atoms. The number of furan rings is 1. The summed E-state index contributed by atoms with van der Waals surface area (Å²) in [6, 6.07) is 3.74. The maximum atomic E-state index is 11.0. The van der Waals surface area contributed by atoms with Gasteiger partial charge < -0.3 is 9.52 Å². The number of hydrogen-bond donors (Lipinski definition) is 1. The number of carboxylic acid groups (broad SMARTS) is 1. The van der Waals surface area contributed by atoms with Crippen LogP contribution in [0.1, 0.15) is 25.4 Å². The van der Waals surface area contributed by atoms with Crippen LogP contribution in [-0.2, 0) is 11.3 Å². The van der Waals surface area contributed by atoms with Crippen LogP contribution >= 0.6 is 0 Å². The summed E-state index contributed by atoms with van der Waals surface area (Å²) in [4.78, 5) is 12.7. The molecule has 0 aromatic carbocycles. The van der Waals surface area contributed by atoms with Gasteiger partial charge in [-0.05, 0) is 40.0 Å². The second-order valence-electron chi connectivity index (χ2n) is 4.23. The van der Waals surface area contributed by atoms with E-state index in [0.29, 0.717) is 6.54 Å². The van der Waals surface area contributed by atoms with Crippen molar-refractivity contribution in [3.8, 4) is 0 Å². The highest BCUT2D eigenvalue weighted by Crippen LogP contribution is 2.17. The summed E-state index contributed by atoms with van der Waals surface area (Å²) >= 11 is 0. The SMILES string of the molecule is Cc1ccc(CN(C)C(C)(C)C(=O)O)o1. The van der Waals surface area contributed by atoms with E-state index in [-0.39, 0.29) is 0 Å². The van der Waals surface area contributed by atoms with E-state index in [0.717, 1.165) is 11.5 Å². The zero-order chi connectivity index (χ0) is 11.6. The Labute approximate surface area is 89.5 Å². The van der Waals surface area contributed by atoms with Gasteiger partial charge in [0, 0.05) is 0 Å². The van der Waals surface area contributed by atoms with Gasteiger partial charge in [-0.1, -0.05) is 0 Å². The summed E-state index contributed by atoms with van der Waals surface area (Å²) in [6.45, 7) is 5.70. The molecule has 84 valence electrons. The summed E-state index contributed by atoms with van der Waals surface area (Å²) < 4.78 is 5.39. The predicted octanol–water partition coefficient (Wildman–Crippen LogP) is 1.88. The van der Waals surface area contributed by atoms with E-state index >= 15 is 0 Å².